The summed E-state index contributed by atoms with van der Waals surface area (Å²) < 4.78 is 0. The van der Waals surface area contributed by atoms with Crippen LogP contribution < -0.4 is 10.6 Å². The number of carboxylic acids is 1. The molecule has 6 heteroatoms. The van der Waals surface area contributed by atoms with Crippen molar-refractivity contribution in [2.24, 2.45) is 0 Å². The number of hydrogen-bond acceptors (Lipinski definition) is 3. The third-order valence-corrected chi connectivity index (χ3v) is 2.88. The van der Waals surface area contributed by atoms with Gasteiger partial charge in [0.25, 0.3) is 0 Å². The van der Waals surface area contributed by atoms with Crippen LogP contribution in [0.3, 0.4) is 0 Å². The molecule has 114 valence electrons. The van der Waals surface area contributed by atoms with E-state index in [9.17, 15) is 14.7 Å². The van der Waals surface area contributed by atoms with Crippen LogP contribution in [-0.2, 0) is 11.2 Å². The molecule has 0 bridgehead atoms. The van der Waals surface area contributed by atoms with Gasteiger partial charge in [-0.2, -0.15) is 0 Å². The van der Waals surface area contributed by atoms with Crippen molar-refractivity contribution in [2.75, 3.05) is 0 Å². The molecule has 0 aliphatic rings. The summed E-state index contributed by atoms with van der Waals surface area (Å²) >= 11 is 0. The van der Waals surface area contributed by atoms with E-state index in [2.05, 4.69) is 17.2 Å². The van der Waals surface area contributed by atoms with Crippen LogP contribution in [0.1, 0.15) is 18.9 Å². The van der Waals surface area contributed by atoms with Gasteiger partial charge in [-0.15, -0.1) is 6.58 Å². The Morgan fingerprint density at radius 2 is 1.90 bits per heavy atom. The normalized spacial score (nSPS) is 13.0. The quantitative estimate of drug-likeness (QED) is 0.574. The Labute approximate surface area is 123 Å². The van der Waals surface area contributed by atoms with Crippen LogP contribution in [0, 0.1) is 0 Å². The molecule has 4 N–H and O–H groups in total. The third kappa shape index (κ3) is 5.99. The summed E-state index contributed by atoms with van der Waals surface area (Å²) in [6.07, 6.45) is 2.41. The number of phenolic OH excluding ortho intramolecular Hbond substituents is 1. The van der Waals surface area contributed by atoms with Gasteiger partial charge in [-0.05, 0) is 31.0 Å². The lowest BCUT2D eigenvalue weighted by Crippen LogP contribution is -2.49. The van der Waals surface area contributed by atoms with E-state index in [0.29, 0.717) is 12.0 Å². The van der Waals surface area contributed by atoms with Gasteiger partial charge < -0.3 is 20.8 Å². The first-order chi connectivity index (χ1) is 9.92. The molecule has 6 nitrogen and oxygen atoms in total. The molecule has 2 amide bonds. The molecule has 0 aliphatic carbocycles. The molecule has 1 unspecified atom stereocenters. The van der Waals surface area contributed by atoms with Crippen LogP contribution in [-0.4, -0.2) is 34.3 Å². The van der Waals surface area contributed by atoms with E-state index in [0.717, 1.165) is 0 Å². The first-order valence-electron chi connectivity index (χ1n) is 6.61. The number of rotatable bonds is 7. The summed E-state index contributed by atoms with van der Waals surface area (Å²) in [5, 5.41) is 23.4. The van der Waals surface area contributed by atoms with E-state index >= 15 is 0 Å². The van der Waals surface area contributed by atoms with E-state index in [-0.39, 0.29) is 18.2 Å². The lowest BCUT2D eigenvalue weighted by Gasteiger charge is -2.17. The molecule has 0 fully saturated rings. The van der Waals surface area contributed by atoms with Gasteiger partial charge in [0.1, 0.15) is 11.8 Å². The highest BCUT2D eigenvalue weighted by molar-refractivity contribution is 5.82. The Morgan fingerprint density at radius 1 is 1.29 bits per heavy atom. The number of phenols is 1. The lowest BCUT2D eigenvalue weighted by molar-refractivity contribution is -0.139. The summed E-state index contributed by atoms with van der Waals surface area (Å²) in [4.78, 5) is 22.9. The molecule has 0 spiro atoms. The highest BCUT2D eigenvalue weighted by Crippen LogP contribution is 2.11. The zero-order valence-electron chi connectivity index (χ0n) is 11.9. The number of hydrogen-bond donors (Lipinski definition) is 4. The predicted molar refractivity (Wildman–Crippen MR) is 79.2 cm³/mol. The van der Waals surface area contributed by atoms with Gasteiger partial charge in [-0.25, -0.2) is 9.59 Å². The largest absolute Gasteiger partial charge is 0.508 e. The molecule has 0 saturated heterocycles. The molecule has 0 saturated carbocycles. The maximum atomic E-state index is 11.7. The molecule has 1 rings (SSSR count). The van der Waals surface area contributed by atoms with Crippen molar-refractivity contribution >= 4 is 12.0 Å². The van der Waals surface area contributed by atoms with E-state index < -0.39 is 18.0 Å². The SMILES string of the molecule is C=CCC(C)NC(=O)N[C@H](Cc1ccc(O)cc1)C(=O)O. The molecular weight excluding hydrogens is 272 g/mol. The Balaban J connectivity index is 2.61. The molecule has 1 aromatic carbocycles. The Bertz CT molecular complexity index is 499. The summed E-state index contributed by atoms with van der Waals surface area (Å²) in [7, 11) is 0. The number of carboxylic acid groups (broad SMARTS) is 1. The highest BCUT2D eigenvalue weighted by Gasteiger charge is 2.20. The van der Waals surface area contributed by atoms with E-state index in [1.54, 1.807) is 25.1 Å². The second-order valence-electron chi connectivity index (χ2n) is 4.80. The van der Waals surface area contributed by atoms with Gasteiger partial charge >= 0.3 is 12.0 Å². The van der Waals surface area contributed by atoms with Gasteiger partial charge in [-0.3, -0.25) is 0 Å². The van der Waals surface area contributed by atoms with Gasteiger partial charge in [0.15, 0.2) is 0 Å². The molecule has 2 atom stereocenters. The first kappa shape index (κ1) is 16.6. The zero-order valence-corrected chi connectivity index (χ0v) is 11.9. The lowest BCUT2D eigenvalue weighted by atomic mass is 10.1. The summed E-state index contributed by atoms with van der Waals surface area (Å²) in [5.74, 6) is -1.01. The van der Waals surface area contributed by atoms with Gasteiger partial charge in [-0.1, -0.05) is 18.2 Å². The minimum Gasteiger partial charge on any atom is -0.508 e. The second kappa shape index (κ2) is 7.94. The number of carbonyl (C=O) groups excluding carboxylic acids is 1. The number of urea groups is 1. The fourth-order valence-corrected chi connectivity index (χ4v) is 1.80. The highest BCUT2D eigenvalue weighted by atomic mass is 16.4. The van der Waals surface area contributed by atoms with Crippen molar-refractivity contribution in [2.45, 2.75) is 31.8 Å². The predicted octanol–water partition coefficient (Wildman–Crippen LogP) is 1.65. The van der Waals surface area contributed by atoms with Crippen molar-refractivity contribution in [1.29, 1.82) is 0 Å². The fourth-order valence-electron chi connectivity index (χ4n) is 1.80. The van der Waals surface area contributed by atoms with E-state index in [1.807, 2.05) is 0 Å². The molecule has 0 heterocycles. The van der Waals surface area contributed by atoms with Crippen LogP contribution in [0.5, 0.6) is 5.75 Å². The van der Waals surface area contributed by atoms with E-state index in [4.69, 9.17) is 5.11 Å². The average molecular weight is 292 g/mol. The van der Waals surface area contributed by atoms with Crippen molar-refractivity contribution in [3.05, 3.63) is 42.5 Å². The number of nitrogens with one attached hydrogen (secondary N) is 2. The number of aromatic hydroxyl groups is 1. The van der Waals surface area contributed by atoms with Crippen molar-refractivity contribution in [1.82, 2.24) is 10.6 Å². The number of aliphatic carboxylic acids is 1. The van der Waals surface area contributed by atoms with E-state index in [1.165, 1.54) is 12.1 Å². The number of carbonyl (C=O) groups is 2. The van der Waals surface area contributed by atoms with Crippen LogP contribution in [0.15, 0.2) is 36.9 Å². The smallest absolute Gasteiger partial charge is 0.326 e. The summed E-state index contributed by atoms with van der Waals surface area (Å²) in [6.45, 7) is 5.38. The average Bonchev–Trinajstić information content (AvgIpc) is 2.40. The third-order valence-electron chi connectivity index (χ3n) is 2.88. The monoisotopic (exact) mass is 292 g/mol. The zero-order chi connectivity index (χ0) is 15.8. The van der Waals surface area contributed by atoms with Gasteiger partial charge in [0, 0.05) is 12.5 Å². The fraction of sp³-hybridized carbons (Fsp3) is 0.333. The first-order valence-corrected chi connectivity index (χ1v) is 6.61. The van der Waals surface area contributed by atoms with Crippen molar-refractivity contribution in [3.8, 4) is 5.75 Å². The molecule has 21 heavy (non-hydrogen) atoms. The van der Waals surface area contributed by atoms with Crippen molar-refractivity contribution < 1.29 is 19.8 Å². The summed E-state index contributed by atoms with van der Waals surface area (Å²) in [5.41, 5.74) is 0.708. The standard InChI is InChI=1S/C15H20N2O4/c1-3-4-10(2)16-15(21)17-13(14(19)20)9-11-5-7-12(18)8-6-11/h3,5-8,10,13,18H,1,4,9H2,2H3,(H,19,20)(H2,16,17,21)/t10?,13-/m1/s1. The number of benzene rings is 1. The van der Waals surface area contributed by atoms with Crippen LogP contribution in [0.2, 0.25) is 0 Å². The van der Waals surface area contributed by atoms with Crippen LogP contribution >= 0.6 is 0 Å². The summed E-state index contributed by atoms with van der Waals surface area (Å²) in [6, 6.07) is 4.49. The Hall–Kier alpha value is -2.50. The molecule has 0 aliphatic heterocycles. The molecular formula is C15H20N2O4. The van der Waals surface area contributed by atoms with Crippen LogP contribution in [0.25, 0.3) is 0 Å². The topological polar surface area (TPSA) is 98.7 Å². The maximum Gasteiger partial charge on any atom is 0.326 e. The Kier molecular flexibility index (Phi) is 6.26. The molecule has 1 aromatic rings. The van der Waals surface area contributed by atoms with Crippen molar-refractivity contribution in [3.63, 3.8) is 0 Å². The number of amides is 2. The second-order valence-corrected chi connectivity index (χ2v) is 4.80. The minimum atomic E-state index is -1.12. The van der Waals surface area contributed by atoms with Gasteiger partial charge in [0.2, 0.25) is 0 Å². The van der Waals surface area contributed by atoms with Crippen LogP contribution in [0.4, 0.5) is 4.79 Å². The van der Waals surface area contributed by atoms with Gasteiger partial charge in [0.05, 0.1) is 0 Å². The maximum absolute atomic E-state index is 11.7. The Morgan fingerprint density at radius 3 is 2.43 bits per heavy atom. The minimum absolute atomic E-state index is 0.106. The molecule has 0 aromatic heterocycles. The molecule has 0 radical (unpaired) electrons.